The largest absolute Gasteiger partial charge is 0.340 e. The van der Waals surface area contributed by atoms with E-state index in [-0.39, 0.29) is 6.42 Å². The number of hydrogen-bond donors (Lipinski definition) is 1. The fourth-order valence-electron chi connectivity index (χ4n) is 3.29. The third-order valence-electron chi connectivity index (χ3n) is 4.96. The van der Waals surface area contributed by atoms with Gasteiger partial charge in [0.15, 0.2) is 0 Å². The number of benzene rings is 3. The summed E-state index contributed by atoms with van der Waals surface area (Å²) in [4.78, 5) is 15.4. The topological polar surface area (TPSA) is 66.5 Å². The van der Waals surface area contributed by atoms with E-state index in [0.29, 0.717) is 6.54 Å². The van der Waals surface area contributed by atoms with E-state index in [4.69, 9.17) is 0 Å². The maximum atomic E-state index is 14.2. The summed E-state index contributed by atoms with van der Waals surface area (Å²) in [5.74, 6) is -1.27. The van der Waals surface area contributed by atoms with Gasteiger partial charge in [-0.25, -0.2) is 12.8 Å². The van der Waals surface area contributed by atoms with Crippen LogP contribution in [0, 0.1) is 5.82 Å². The summed E-state index contributed by atoms with van der Waals surface area (Å²) in [6, 6.07) is 21.0. The first kappa shape index (κ1) is 24.0. The highest BCUT2D eigenvalue weighted by Crippen LogP contribution is 2.18. The lowest BCUT2D eigenvalue weighted by Crippen LogP contribution is -2.48. The minimum atomic E-state index is -4.25. The summed E-state index contributed by atoms with van der Waals surface area (Å²) in [5, 5.41) is 0. The van der Waals surface area contributed by atoms with E-state index in [2.05, 4.69) is 4.72 Å². The van der Waals surface area contributed by atoms with Gasteiger partial charge >= 0.3 is 0 Å². The number of halogens is 1. The normalized spacial score (nSPS) is 12.3. The van der Waals surface area contributed by atoms with Crippen LogP contribution in [0.15, 0.2) is 88.7 Å². The lowest BCUT2D eigenvalue weighted by Gasteiger charge is -2.25. The van der Waals surface area contributed by atoms with E-state index in [0.717, 1.165) is 22.1 Å². The van der Waals surface area contributed by atoms with Gasteiger partial charge < -0.3 is 4.90 Å². The lowest BCUT2D eigenvalue weighted by atomic mass is 10.1. The first-order valence-electron chi connectivity index (χ1n) is 9.99. The molecule has 3 aromatic carbocycles. The highest BCUT2D eigenvalue weighted by Gasteiger charge is 2.29. The molecular formula is C24H25FN2O3S2. The van der Waals surface area contributed by atoms with Crippen molar-refractivity contribution in [2.24, 2.45) is 0 Å². The van der Waals surface area contributed by atoms with Crippen molar-refractivity contribution >= 4 is 27.7 Å². The summed E-state index contributed by atoms with van der Waals surface area (Å²) in [5.41, 5.74) is 1.72. The van der Waals surface area contributed by atoms with Crippen LogP contribution in [0.3, 0.4) is 0 Å². The SMILES string of the molecule is CSc1ccc(CN(C)C(=O)C(Cc2ccccc2)NS(=O)(=O)c2ccccc2F)cc1. The Balaban J connectivity index is 1.84. The van der Waals surface area contributed by atoms with Crippen molar-refractivity contribution in [2.75, 3.05) is 13.3 Å². The number of carbonyl (C=O) groups excluding carboxylic acids is 1. The Morgan fingerprint density at radius 1 is 0.969 bits per heavy atom. The second-order valence-corrected chi connectivity index (χ2v) is 9.90. The zero-order valence-corrected chi connectivity index (χ0v) is 19.5. The Bertz CT molecular complexity index is 1150. The zero-order chi connectivity index (χ0) is 23.1. The Morgan fingerprint density at radius 3 is 2.22 bits per heavy atom. The smallest absolute Gasteiger partial charge is 0.244 e. The Hall–Kier alpha value is -2.68. The quantitative estimate of drug-likeness (QED) is 0.476. The Kier molecular flexibility index (Phi) is 8.06. The predicted octanol–water partition coefficient (Wildman–Crippen LogP) is 4.10. The van der Waals surface area contributed by atoms with E-state index in [1.54, 1.807) is 18.8 Å². The van der Waals surface area contributed by atoms with Crippen molar-refractivity contribution < 1.29 is 17.6 Å². The van der Waals surface area contributed by atoms with Crippen LogP contribution in [0.1, 0.15) is 11.1 Å². The molecule has 0 spiro atoms. The molecule has 0 aromatic heterocycles. The Labute approximate surface area is 192 Å². The second kappa shape index (κ2) is 10.8. The summed E-state index contributed by atoms with van der Waals surface area (Å²) in [6.45, 7) is 0.320. The molecular weight excluding hydrogens is 447 g/mol. The van der Waals surface area contributed by atoms with Crippen LogP contribution in [-0.2, 0) is 27.8 Å². The predicted molar refractivity (Wildman–Crippen MR) is 125 cm³/mol. The van der Waals surface area contributed by atoms with E-state index < -0.39 is 32.7 Å². The summed E-state index contributed by atoms with van der Waals surface area (Å²) < 4.78 is 42.3. The molecule has 3 rings (SSSR count). The number of nitrogens with zero attached hydrogens (tertiary/aromatic N) is 1. The molecule has 8 heteroatoms. The van der Waals surface area contributed by atoms with Crippen LogP contribution in [0.2, 0.25) is 0 Å². The molecule has 1 N–H and O–H groups in total. The highest BCUT2D eigenvalue weighted by molar-refractivity contribution is 7.98. The third-order valence-corrected chi connectivity index (χ3v) is 7.21. The van der Waals surface area contributed by atoms with Gasteiger partial charge in [-0.05, 0) is 48.1 Å². The fourth-order valence-corrected chi connectivity index (χ4v) is 4.97. The minimum absolute atomic E-state index is 0.142. The first-order valence-corrected chi connectivity index (χ1v) is 12.7. The van der Waals surface area contributed by atoms with Gasteiger partial charge in [0.2, 0.25) is 15.9 Å². The first-order chi connectivity index (χ1) is 15.3. The van der Waals surface area contributed by atoms with Gasteiger partial charge in [0.1, 0.15) is 16.8 Å². The molecule has 0 aliphatic carbocycles. The van der Waals surface area contributed by atoms with Gasteiger partial charge in [-0.1, -0.05) is 54.6 Å². The van der Waals surface area contributed by atoms with Crippen molar-refractivity contribution in [1.29, 1.82) is 0 Å². The summed E-state index contributed by atoms with van der Waals surface area (Å²) in [7, 11) is -2.62. The van der Waals surface area contributed by atoms with Gasteiger partial charge in [-0.15, -0.1) is 11.8 Å². The summed E-state index contributed by atoms with van der Waals surface area (Å²) >= 11 is 1.63. The maximum absolute atomic E-state index is 14.2. The molecule has 1 amide bonds. The van der Waals surface area contributed by atoms with Crippen LogP contribution < -0.4 is 4.72 Å². The van der Waals surface area contributed by atoms with Gasteiger partial charge in [-0.2, -0.15) is 4.72 Å². The molecule has 5 nitrogen and oxygen atoms in total. The molecule has 0 bridgehead atoms. The molecule has 168 valence electrons. The number of carbonyl (C=O) groups is 1. The standard InChI is InChI=1S/C24H25FN2O3S2/c1-27(17-19-12-14-20(31-2)15-13-19)24(28)22(16-18-8-4-3-5-9-18)26-32(29,30)23-11-7-6-10-21(23)25/h3-15,22,26H,16-17H2,1-2H3. The number of likely N-dealkylation sites (N-methyl/N-ethyl adjacent to an activating group) is 1. The molecule has 1 unspecified atom stereocenters. The van der Waals surface area contributed by atoms with Crippen molar-refractivity contribution in [2.45, 2.75) is 28.8 Å². The molecule has 0 radical (unpaired) electrons. The minimum Gasteiger partial charge on any atom is -0.340 e. The maximum Gasteiger partial charge on any atom is 0.244 e. The fraction of sp³-hybridized carbons (Fsp3) is 0.208. The zero-order valence-electron chi connectivity index (χ0n) is 17.9. The highest BCUT2D eigenvalue weighted by atomic mass is 32.2. The number of hydrogen-bond acceptors (Lipinski definition) is 4. The average molecular weight is 473 g/mol. The molecule has 0 heterocycles. The van der Waals surface area contributed by atoms with Crippen LogP contribution in [0.5, 0.6) is 0 Å². The Morgan fingerprint density at radius 2 is 1.59 bits per heavy atom. The molecule has 0 aliphatic rings. The molecule has 3 aromatic rings. The molecule has 0 saturated heterocycles. The van der Waals surface area contributed by atoms with Gasteiger partial charge in [0.25, 0.3) is 0 Å². The van der Waals surface area contributed by atoms with Crippen LogP contribution in [0.4, 0.5) is 4.39 Å². The summed E-state index contributed by atoms with van der Waals surface area (Å²) in [6.07, 6.45) is 2.13. The van der Waals surface area contributed by atoms with Gasteiger partial charge in [0.05, 0.1) is 0 Å². The lowest BCUT2D eigenvalue weighted by molar-refractivity contribution is -0.132. The van der Waals surface area contributed by atoms with Crippen molar-refractivity contribution in [1.82, 2.24) is 9.62 Å². The van der Waals surface area contributed by atoms with Crippen molar-refractivity contribution in [3.63, 3.8) is 0 Å². The second-order valence-electron chi connectivity index (χ2n) is 7.34. The number of amides is 1. The van der Waals surface area contributed by atoms with E-state index in [1.807, 2.05) is 60.9 Å². The third kappa shape index (κ3) is 6.18. The van der Waals surface area contributed by atoms with E-state index in [1.165, 1.54) is 23.1 Å². The molecule has 0 aliphatic heterocycles. The van der Waals surface area contributed by atoms with E-state index in [9.17, 15) is 17.6 Å². The van der Waals surface area contributed by atoms with Crippen LogP contribution in [-0.4, -0.2) is 38.6 Å². The molecule has 32 heavy (non-hydrogen) atoms. The van der Waals surface area contributed by atoms with Gasteiger partial charge in [0, 0.05) is 18.5 Å². The number of thioether (sulfide) groups is 1. The number of rotatable bonds is 9. The van der Waals surface area contributed by atoms with Crippen LogP contribution in [0.25, 0.3) is 0 Å². The molecule has 1 atom stereocenters. The van der Waals surface area contributed by atoms with Gasteiger partial charge in [-0.3, -0.25) is 4.79 Å². The monoisotopic (exact) mass is 472 g/mol. The average Bonchev–Trinajstić information content (AvgIpc) is 2.79. The van der Waals surface area contributed by atoms with Crippen molar-refractivity contribution in [3.8, 4) is 0 Å². The number of nitrogens with one attached hydrogen (secondary N) is 1. The number of sulfonamides is 1. The molecule has 0 saturated carbocycles. The van der Waals surface area contributed by atoms with E-state index >= 15 is 0 Å². The van der Waals surface area contributed by atoms with Crippen molar-refractivity contribution in [3.05, 3.63) is 95.8 Å². The molecule has 0 fully saturated rings. The van der Waals surface area contributed by atoms with Crippen LogP contribution >= 0.6 is 11.8 Å².